The van der Waals surface area contributed by atoms with Gasteiger partial charge in [0.2, 0.25) is 0 Å². The van der Waals surface area contributed by atoms with Gasteiger partial charge < -0.3 is 19.9 Å². The number of nitrogens with one attached hydrogen (secondary N) is 1. The van der Waals surface area contributed by atoms with E-state index in [2.05, 4.69) is 22.3 Å². The lowest BCUT2D eigenvalue weighted by Gasteiger charge is -2.36. The van der Waals surface area contributed by atoms with E-state index in [-0.39, 0.29) is 11.8 Å². The van der Waals surface area contributed by atoms with Crippen molar-refractivity contribution in [2.75, 3.05) is 36.4 Å². The van der Waals surface area contributed by atoms with Gasteiger partial charge in [0.15, 0.2) is 6.10 Å². The first-order valence-corrected chi connectivity index (χ1v) is 10.8. The number of carbonyl (C=O) groups excluding carboxylic acids is 2. The minimum Gasteiger partial charge on any atom is -0.481 e. The second-order valence-electron chi connectivity index (χ2n) is 7.72. The summed E-state index contributed by atoms with van der Waals surface area (Å²) < 4.78 is 5.71. The van der Waals surface area contributed by atoms with Crippen molar-refractivity contribution in [3.8, 4) is 5.75 Å². The third-order valence-corrected chi connectivity index (χ3v) is 5.53. The Balaban J connectivity index is 1.39. The molecule has 164 valence electrons. The maximum absolute atomic E-state index is 13.2. The van der Waals surface area contributed by atoms with Crippen LogP contribution in [0.3, 0.4) is 0 Å². The molecule has 1 N–H and O–H groups in total. The molecule has 1 aliphatic heterocycles. The molecular formula is C26H27N3O3. The summed E-state index contributed by atoms with van der Waals surface area (Å²) in [6.45, 7) is 4.49. The zero-order chi connectivity index (χ0) is 22.3. The summed E-state index contributed by atoms with van der Waals surface area (Å²) in [6.07, 6.45) is -0.699. The molecule has 0 spiro atoms. The molecule has 6 nitrogen and oxygen atoms in total. The van der Waals surface area contributed by atoms with Gasteiger partial charge >= 0.3 is 0 Å². The predicted octanol–water partition coefficient (Wildman–Crippen LogP) is 4.06. The van der Waals surface area contributed by atoms with Crippen LogP contribution < -0.4 is 15.0 Å². The van der Waals surface area contributed by atoms with Crippen LogP contribution in [0.2, 0.25) is 0 Å². The Morgan fingerprint density at radius 3 is 2.09 bits per heavy atom. The number of nitrogens with zero attached hydrogens (tertiary/aromatic N) is 2. The maximum atomic E-state index is 13.2. The standard InChI is InChI=1S/C26H27N3O3/c1-20(32-22-12-6-3-7-13-22)25(30)27-24-15-9-8-14-23(24)26(31)29-18-16-28(17-19-29)21-10-4-2-5-11-21/h2-15,20H,16-19H2,1H3,(H,27,30). The Hall–Kier alpha value is -3.80. The topological polar surface area (TPSA) is 61.9 Å². The highest BCUT2D eigenvalue weighted by Gasteiger charge is 2.25. The first kappa shape index (κ1) is 21.4. The minimum atomic E-state index is -0.699. The van der Waals surface area contributed by atoms with Crippen molar-refractivity contribution in [3.05, 3.63) is 90.5 Å². The van der Waals surface area contributed by atoms with E-state index in [9.17, 15) is 9.59 Å². The SMILES string of the molecule is CC(Oc1ccccc1)C(=O)Nc1ccccc1C(=O)N1CCN(c2ccccc2)CC1. The Kier molecular flexibility index (Phi) is 6.70. The molecular weight excluding hydrogens is 402 g/mol. The van der Waals surface area contributed by atoms with E-state index in [0.717, 1.165) is 13.1 Å². The Morgan fingerprint density at radius 2 is 1.41 bits per heavy atom. The molecule has 0 bridgehead atoms. The molecule has 1 unspecified atom stereocenters. The molecule has 6 heteroatoms. The van der Waals surface area contributed by atoms with Gasteiger partial charge in [-0.25, -0.2) is 0 Å². The third-order valence-electron chi connectivity index (χ3n) is 5.53. The lowest BCUT2D eigenvalue weighted by Crippen LogP contribution is -2.49. The molecule has 3 aromatic rings. The van der Waals surface area contributed by atoms with Crippen molar-refractivity contribution in [2.24, 2.45) is 0 Å². The van der Waals surface area contributed by atoms with E-state index in [4.69, 9.17) is 4.74 Å². The van der Waals surface area contributed by atoms with Crippen LogP contribution in [0, 0.1) is 0 Å². The van der Waals surface area contributed by atoms with Crippen molar-refractivity contribution in [3.63, 3.8) is 0 Å². The molecule has 1 saturated heterocycles. The summed E-state index contributed by atoms with van der Waals surface area (Å²) >= 11 is 0. The fourth-order valence-electron chi connectivity index (χ4n) is 3.75. The van der Waals surface area contributed by atoms with E-state index in [0.29, 0.717) is 30.1 Å². The monoisotopic (exact) mass is 429 g/mol. The summed E-state index contributed by atoms with van der Waals surface area (Å²) in [5.41, 5.74) is 2.15. The second kappa shape index (κ2) is 10.0. The average molecular weight is 430 g/mol. The highest BCUT2D eigenvalue weighted by atomic mass is 16.5. The van der Waals surface area contributed by atoms with Crippen molar-refractivity contribution in [2.45, 2.75) is 13.0 Å². The average Bonchev–Trinajstić information content (AvgIpc) is 2.85. The van der Waals surface area contributed by atoms with Gasteiger partial charge in [-0.1, -0.05) is 48.5 Å². The normalized spacial score (nSPS) is 14.5. The highest BCUT2D eigenvalue weighted by molar-refractivity contribution is 6.04. The number of rotatable bonds is 6. The molecule has 1 atom stereocenters. The lowest BCUT2D eigenvalue weighted by atomic mass is 10.1. The molecule has 4 rings (SSSR count). The van der Waals surface area contributed by atoms with Crippen LogP contribution in [0.15, 0.2) is 84.9 Å². The number of piperazine rings is 1. The zero-order valence-electron chi connectivity index (χ0n) is 18.1. The first-order valence-electron chi connectivity index (χ1n) is 10.8. The van der Waals surface area contributed by atoms with Crippen LogP contribution in [-0.2, 0) is 4.79 Å². The lowest BCUT2D eigenvalue weighted by molar-refractivity contribution is -0.122. The quantitative estimate of drug-likeness (QED) is 0.642. The molecule has 0 aliphatic carbocycles. The van der Waals surface area contributed by atoms with E-state index < -0.39 is 6.10 Å². The molecule has 3 aromatic carbocycles. The molecule has 2 amide bonds. The predicted molar refractivity (Wildman–Crippen MR) is 126 cm³/mol. The van der Waals surface area contributed by atoms with Gasteiger partial charge in [0.25, 0.3) is 11.8 Å². The van der Waals surface area contributed by atoms with E-state index in [1.54, 1.807) is 31.2 Å². The van der Waals surface area contributed by atoms with Crippen LogP contribution >= 0.6 is 0 Å². The molecule has 32 heavy (non-hydrogen) atoms. The zero-order valence-corrected chi connectivity index (χ0v) is 18.1. The van der Waals surface area contributed by atoms with Crippen molar-refractivity contribution in [1.29, 1.82) is 0 Å². The molecule has 1 aliphatic rings. The van der Waals surface area contributed by atoms with Gasteiger partial charge in [-0.3, -0.25) is 9.59 Å². The van der Waals surface area contributed by atoms with Crippen LogP contribution in [0.4, 0.5) is 11.4 Å². The maximum Gasteiger partial charge on any atom is 0.265 e. The number of ether oxygens (including phenoxy) is 1. The Labute approximate surface area is 188 Å². The second-order valence-corrected chi connectivity index (χ2v) is 7.72. The Morgan fingerprint density at radius 1 is 0.812 bits per heavy atom. The third kappa shape index (κ3) is 5.09. The number of para-hydroxylation sites is 3. The number of carbonyl (C=O) groups is 2. The van der Waals surface area contributed by atoms with Gasteiger partial charge in [0.1, 0.15) is 5.75 Å². The van der Waals surface area contributed by atoms with Gasteiger partial charge in [-0.2, -0.15) is 0 Å². The molecule has 0 aromatic heterocycles. The number of amides is 2. The van der Waals surface area contributed by atoms with E-state index in [1.165, 1.54) is 5.69 Å². The molecule has 1 heterocycles. The summed E-state index contributed by atoms with van der Waals surface area (Å²) in [5, 5.41) is 2.86. The number of benzene rings is 3. The molecule has 0 radical (unpaired) electrons. The fraction of sp³-hybridized carbons (Fsp3) is 0.231. The van der Waals surface area contributed by atoms with Gasteiger partial charge in [0, 0.05) is 31.9 Å². The highest BCUT2D eigenvalue weighted by Crippen LogP contribution is 2.21. The fourth-order valence-corrected chi connectivity index (χ4v) is 3.75. The summed E-state index contributed by atoms with van der Waals surface area (Å²) in [7, 11) is 0. The van der Waals surface area contributed by atoms with Gasteiger partial charge in [-0.05, 0) is 43.3 Å². The van der Waals surface area contributed by atoms with E-state index in [1.807, 2.05) is 53.4 Å². The smallest absolute Gasteiger partial charge is 0.265 e. The van der Waals surface area contributed by atoms with Crippen LogP contribution in [0.5, 0.6) is 5.75 Å². The largest absolute Gasteiger partial charge is 0.481 e. The van der Waals surface area contributed by atoms with Crippen molar-refractivity contribution >= 4 is 23.2 Å². The van der Waals surface area contributed by atoms with E-state index >= 15 is 0 Å². The van der Waals surface area contributed by atoms with Crippen molar-refractivity contribution in [1.82, 2.24) is 4.90 Å². The van der Waals surface area contributed by atoms with Crippen LogP contribution in [0.1, 0.15) is 17.3 Å². The van der Waals surface area contributed by atoms with Crippen LogP contribution in [0.25, 0.3) is 0 Å². The summed E-state index contributed by atoms with van der Waals surface area (Å²) in [6, 6.07) is 26.5. The Bertz CT molecular complexity index is 1050. The van der Waals surface area contributed by atoms with Crippen LogP contribution in [-0.4, -0.2) is 49.0 Å². The summed E-state index contributed by atoms with van der Waals surface area (Å²) in [5.74, 6) is 0.240. The van der Waals surface area contributed by atoms with Gasteiger partial charge in [-0.15, -0.1) is 0 Å². The summed E-state index contributed by atoms with van der Waals surface area (Å²) in [4.78, 5) is 30.1. The number of hydrogen-bond acceptors (Lipinski definition) is 4. The molecule has 0 saturated carbocycles. The number of anilines is 2. The first-order chi connectivity index (χ1) is 15.6. The van der Waals surface area contributed by atoms with Gasteiger partial charge in [0.05, 0.1) is 11.3 Å². The number of hydrogen-bond donors (Lipinski definition) is 1. The molecule has 1 fully saturated rings. The minimum absolute atomic E-state index is 0.0785. The van der Waals surface area contributed by atoms with Crippen molar-refractivity contribution < 1.29 is 14.3 Å².